The van der Waals surface area contributed by atoms with Gasteiger partial charge in [0.05, 0.1) is 5.60 Å². The topological polar surface area (TPSA) is 40.5 Å². The largest absolute Gasteiger partial charge is 0.508 e. The van der Waals surface area contributed by atoms with Crippen LogP contribution in [0.1, 0.15) is 13.3 Å². The Kier molecular flexibility index (Phi) is 1.33. The van der Waals surface area contributed by atoms with Crippen LogP contribution in [-0.4, -0.2) is 15.8 Å². The van der Waals surface area contributed by atoms with Crippen LogP contribution in [0, 0.1) is 0 Å². The SMILES string of the molecule is CC1(O)C=CC(O)=CC1. The molecule has 1 rings (SSSR count). The van der Waals surface area contributed by atoms with E-state index in [9.17, 15) is 5.11 Å². The first kappa shape index (κ1) is 6.36. The number of hydrogen-bond acceptors (Lipinski definition) is 2. The van der Waals surface area contributed by atoms with Gasteiger partial charge in [0.25, 0.3) is 0 Å². The second kappa shape index (κ2) is 1.88. The van der Waals surface area contributed by atoms with Gasteiger partial charge in [-0.3, -0.25) is 0 Å². The molecule has 0 aliphatic heterocycles. The van der Waals surface area contributed by atoms with Crippen LogP contribution in [0.25, 0.3) is 0 Å². The van der Waals surface area contributed by atoms with Gasteiger partial charge in [0, 0.05) is 6.42 Å². The molecule has 0 heterocycles. The second-order valence-electron chi connectivity index (χ2n) is 2.52. The highest BCUT2D eigenvalue weighted by Gasteiger charge is 2.17. The Morgan fingerprint density at radius 3 is 2.67 bits per heavy atom. The van der Waals surface area contributed by atoms with Gasteiger partial charge in [-0.15, -0.1) is 0 Å². The average molecular weight is 126 g/mol. The molecule has 1 atom stereocenters. The van der Waals surface area contributed by atoms with Crippen LogP contribution in [0.3, 0.4) is 0 Å². The fourth-order valence-electron chi connectivity index (χ4n) is 0.712. The van der Waals surface area contributed by atoms with Crippen LogP contribution in [-0.2, 0) is 0 Å². The van der Waals surface area contributed by atoms with E-state index in [4.69, 9.17) is 5.11 Å². The van der Waals surface area contributed by atoms with Gasteiger partial charge < -0.3 is 10.2 Å². The molecule has 0 saturated carbocycles. The van der Waals surface area contributed by atoms with Crippen molar-refractivity contribution in [3.8, 4) is 0 Å². The van der Waals surface area contributed by atoms with Crippen molar-refractivity contribution < 1.29 is 10.2 Å². The normalized spacial score (nSPS) is 34.2. The molecule has 9 heavy (non-hydrogen) atoms. The summed E-state index contributed by atoms with van der Waals surface area (Å²) in [5, 5.41) is 18.1. The van der Waals surface area contributed by atoms with Gasteiger partial charge in [0.1, 0.15) is 5.76 Å². The van der Waals surface area contributed by atoms with E-state index in [1.807, 2.05) is 0 Å². The van der Waals surface area contributed by atoms with Gasteiger partial charge in [0.2, 0.25) is 0 Å². The lowest BCUT2D eigenvalue weighted by atomic mass is 9.97. The Hall–Kier alpha value is -0.760. The lowest BCUT2D eigenvalue weighted by Crippen LogP contribution is -2.21. The molecule has 0 aromatic carbocycles. The van der Waals surface area contributed by atoms with E-state index >= 15 is 0 Å². The van der Waals surface area contributed by atoms with Crippen molar-refractivity contribution in [3.05, 3.63) is 24.0 Å². The fraction of sp³-hybridized carbons (Fsp3) is 0.429. The maximum Gasteiger partial charge on any atom is 0.111 e. The molecule has 0 bridgehead atoms. The van der Waals surface area contributed by atoms with Crippen LogP contribution in [0.15, 0.2) is 24.0 Å². The minimum absolute atomic E-state index is 0.238. The minimum atomic E-state index is -0.758. The van der Waals surface area contributed by atoms with E-state index in [1.165, 1.54) is 6.08 Å². The molecule has 0 fully saturated rings. The van der Waals surface area contributed by atoms with Crippen LogP contribution >= 0.6 is 0 Å². The molecule has 0 radical (unpaired) electrons. The molecule has 1 aliphatic rings. The van der Waals surface area contributed by atoms with E-state index in [0.29, 0.717) is 6.42 Å². The molecule has 1 unspecified atom stereocenters. The molecular formula is C7H10O2. The van der Waals surface area contributed by atoms with Gasteiger partial charge in [-0.25, -0.2) is 0 Å². The van der Waals surface area contributed by atoms with Gasteiger partial charge in [-0.2, -0.15) is 0 Å². The third kappa shape index (κ3) is 1.57. The van der Waals surface area contributed by atoms with Crippen LogP contribution in [0.2, 0.25) is 0 Å². The standard InChI is InChI=1S/C7H10O2/c1-7(9)4-2-6(8)3-5-7/h2-4,8-9H,5H2,1H3. The summed E-state index contributed by atoms with van der Waals surface area (Å²) in [5.74, 6) is 0.238. The molecule has 0 spiro atoms. The molecule has 1 aliphatic carbocycles. The molecule has 0 amide bonds. The molecule has 0 aromatic rings. The van der Waals surface area contributed by atoms with E-state index in [2.05, 4.69) is 0 Å². The fourth-order valence-corrected chi connectivity index (χ4v) is 0.712. The quantitative estimate of drug-likeness (QED) is 0.511. The number of aliphatic hydroxyl groups excluding tert-OH is 1. The third-order valence-electron chi connectivity index (χ3n) is 1.34. The lowest BCUT2D eigenvalue weighted by molar-refractivity contribution is 0.111. The minimum Gasteiger partial charge on any atom is -0.508 e. The summed E-state index contributed by atoms with van der Waals surface area (Å²) in [6.07, 6.45) is 5.18. The van der Waals surface area contributed by atoms with E-state index in [1.54, 1.807) is 19.1 Å². The second-order valence-corrected chi connectivity index (χ2v) is 2.52. The molecule has 0 saturated heterocycles. The van der Waals surface area contributed by atoms with Crippen molar-refractivity contribution in [2.45, 2.75) is 18.9 Å². The van der Waals surface area contributed by atoms with Crippen molar-refractivity contribution in [3.63, 3.8) is 0 Å². The molecule has 0 aromatic heterocycles. The summed E-state index contributed by atoms with van der Waals surface area (Å²) in [6.45, 7) is 1.70. The predicted molar refractivity (Wildman–Crippen MR) is 35.1 cm³/mol. The maximum atomic E-state index is 9.25. The van der Waals surface area contributed by atoms with Crippen molar-refractivity contribution >= 4 is 0 Å². The summed E-state index contributed by atoms with van der Waals surface area (Å²) in [4.78, 5) is 0. The van der Waals surface area contributed by atoms with E-state index in [-0.39, 0.29) is 5.76 Å². The van der Waals surface area contributed by atoms with Crippen LogP contribution < -0.4 is 0 Å². The van der Waals surface area contributed by atoms with Gasteiger partial charge in [-0.05, 0) is 25.2 Å². The van der Waals surface area contributed by atoms with Crippen molar-refractivity contribution in [1.82, 2.24) is 0 Å². The van der Waals surface area contributed by atoms with Gasteiger partial charge >= 0.3 is 0 Å². The van der Waals surface area contributed by atoms with E-state index in [0.717, 1.165) is 0 Å². The zero-order chi connectivity index (χ0) is 6.91. The zero-order valence-corrected chi connectivity index (χ0v) is 5.33. The van der Waals surface area contributed by atoms with Gasteiger partial charge in [-0.1, -0.05) is 0 Å². The molecule has 2 N–H and O–H groups in total. The highest BCUT2D eigenvalue weighted by molar-refractivity contribution is 5.21. The highest BCUT2D eigenvalue weighted by atomic mass is 16.3. The summed E-state index contributed by atoms with van der Waals surface area (Å²) < 4.78 is 0. The zero-order valence-electron chi connectivity index (χ0n) is 5.33. The smallest absolute Gasteiger partial charge is 0.111 e. The number of hydrogen-bond donors (Lipinski definition) is 2. The highest BCUT2D eigenvalue weighted by Crippen LogP contribution is 2.18. The first-order chi connectivity index (χ1) is 4.10. The van der Waals surface area contributed by atoms with Crippen molar-refractivity contribution in [2.24, 2.45) is 0 Å². The molecule has 50 valence electrons. The Morgan fingerprint density at radius 1 is 1.67 bits per heavy atom. The Labute approximate surface area is 54.1 Å². The Bertz CT molecular complexity index is 166. The Balaban J connectivity index is 2.70. The molecule has 2 nitrogen and oxygen atoms in total. The average Bonchev–Trinajstić information content (AvgIpc) is 1.78. The third-order valence-corrected chi connectivity index (χ3v) is 1.34. The summed E-state index contributed by atoms with van der Waals surface area (Å²) in [5.41, 5.74) is -0.758. The van der Waals surface area contributed by atoms with Crippen LogP contribution in [0.5, 0.6) is 0 Å². The van der Waals surface area contributed by atoms with Crippen molar-refractivity contribution in [2.75, 3.05) is 0 Å². The number of aliphatic hydroxyl groups is 2. The first-order valence-electron chi connectivity index (χ1n) is 2.91. The number of allylic oxidation sites excluding steroid dienone is 1. The van der Waals surface area contributed by atoms with Gasteiger partial charge in [0.15, 0.2) is 0 Å². The van der Waals surface area contributed by atoms with Crippen LogP contribution in [0.4, 0.5) is 0 Å². The first-order valence-corrected chi connectivity index (χ1v) is 2.91. The molecular weight excluding hydrogens is 116 g/mol. The summed E-state index contributed by atoms with van der Waals surface area (Å²) in [7, 11) is 0. The Morgan fingerprint density at radius 2 is 2.33 bits per heavy atom. The summed E-state index contributed by atoms with van der Waals surface area (Å²) in [6, 6.07) is 0. The van der Waals surface area contributed by atoms with E-state index < -0.39 is 5.60 Å². The maximum absolute atomic E-state index is 9.25. The predicted octanol–water partition coefficient (Wildman–Crippen LogP) is 1.14. The van der Waals surface area contributed by atoms with Crippen molar-refractivity contribution in [1.29, 1.82) is 0 Å². The monoisotopic (exact) mass is 126 g/mol. The summed E-state index contributed by atoms with van der Waals surface area (Å²) >= 11 is 0. The lowest BCUT2D eigenvalue weighted by Gasteiger charge is -2.19. The molecule has 2 heteroatoms. The number of rotatable bonds is 0.